The summed E-state index contributed by atoms with van der Waals surface area (Å²) in [6, 6.07) is 18.5. The molecule has 2 N–H and O–H groups in total. The van der Waals surface area contributed by atoms with E-state index in [9.17, 15) is 24.6 Å². The van der Waals surface area contributed by atoms with Crippen LogP contribution in [0.15, 0.2) is 78.4 Å². The van der Waals surface area contributed by atoms with Crippen molar-refractivity contribution in [3.05, 3.63) is 95.1 Å². The highest BCUT2D eigenvalue weighted by Crippen LogP contribution is 2.42. The lowest BCUT2D eigenvalue weighted by molar-refractivity contribution is -0.142. The van der Waals surface area contributed by atoms with Crippen molar-refractivity contribution in [3.8, 4) is 11.5 Å². The number of Topliss-reactive ketones (excluding diaryl/α,β-unsaturated/α-hetero) is 1. The number of amides is 1. The second-order valence-corrected chi connectivity index (χ2v) is 9.64. The van der Waals surface area contributed by atoms with Crippen LogP contribution in [0, 0.1) is 5.92 Å². The topological polar surface area (TPSA) is 113 Å². The van der Waals surface area contributed by atoms with Crippen molar-refractivity contribution in [3.63, 3.8) is 0 Å². The summed E-state index contributed by atoms with van der Waals surface area (Å²) in [5.74, 6) is -1.32. The first-order chi connectivity index (χ1) is 18.7. The van der Waals surface area contributed by atoms with Gasteiger partial charge in [0.2, 0.25) is 0 Å². The van der Waals surface area contributed by atoms with Crippen molar-refractivity contribution >= 4 is 29.1 Å². The quantitative estimate of drug-likeness (QED) is 0.170. The maximum atomic E-state index is 13.3. The van der Waals surface area contributed by atoms with Crippen molar-refractivity contribution in [2.75, 3.05) is 18.1 Å². The summed E-state index contributed by atoms with van der Waals surface area (Å²) in [5, 5.41) is 21.1. The lowest BCUT2D eigenvalue weighted by Gasteiger charge is -2.25. The number of aliphatic hydroxyl groups excluding tert-OH is 1. The molecule has 1 amide bonds. The lowest BCUT2D eigenvalue weighted by atomic mass is 9.95. The Morgan fingerprint density at radius 2 is 1.59 bits per heavy atom. The van der Waals surface area contributed by atoms with Crippen molar-refractivity contribution in [2.24, 2.45) is 5.92 Å². The number of carbonyl (C=O) groups is 3. The molecule has 202 valence electrons. The van der Waals surface area contributed by atoms with E-state index in [-0.39, 0.29) is 36.1 Å². The van der Waals surface area contributed by atoms with Crippen LogP contribution in [0.5, 0.6) is 11.5 Å². The van der Waals surface area contributed by atoms with Gasteiger partial charge < -0.3 is 19.7 Å². The van der Waals surface area contributed by atoms with Crippen molar-refractivity contribution in [1.82, 2.24) is 0 Å². The maximum Gasteiger partial charge on any atom is 0.310 e. The molecular weight excluding hydrogens is 498 g/mol. The van der Waals surface area contributed by atoms with Crippen LogP contribution in [-0.4, -0.2) is 41.1 Å². The van der Waals surface area contributed by atoms with Crippen LogP contribution in [0.2, 0.25) is 0 Å². The highest BCUT2D eigenvalue weighted by atomic mass is 16.5. The Balaban J connectivity index is 1.74. The summed E-state index contributed by atoms with van der Waals surface area (Å²) in [6.45, 7) is 6.63. The van der Waals surface area contributed by atoms with Crippen molar-refractivity contribution in [1.29, 1.82) is 0 Å². The highest BCUT2D eigenvalue weighted by molar-refractivity contribution is 6.51. The second kappa shape index (κ2) is 11.9. The SMILES string of the molecule is CCOC(=O)Cc1ccc(N2C(=O)C(=O)/C(=C(/O)c3ccc(OCC(C)C)cc3)C2c2ccc(O)cc2)cc1. The number of benzene rings is 3. The molecule has 0 aliphatic carbocycles. The van der Waals surface area contributed by atoms with E-state index in [0.29, 0.717) is 40.7 Å². The van der Waals surface area contributed by atoms with Gasteiger partial charge in [0.25, 0.3) is 11.7 Å². The molecule has 1 aliphatic heterocycles. The van der Waals surface area contributed by atoms with E-state index >= 15 is 0 Å². The normalized spacial score (nSPS) is 16.5. The summed E-state index contributed by atoms with van der Waals surface area (Å²) in [6.07, 6.45) is 0.0746. The summed E-state index contributed by atoms with van der Waals surface area (Å²) in [7, 11) is 0. The minimum atomic E-state index is -0.946. The van der Waals surface area contributed by atoms with Crippen LogP contribution in [0.4, 0.5) is 5.69 Å². The zero-order valence-electron chi connectivity index (χ0n) is 22.1. The smallest absolute Gasteiger partial charge is 0.310 e. The third-order valence-electron chi connectivity index (χ3n) is 6.23. The van der Waals surface area contributed by atoms with Gasteiger partial charge in [0, 0.05) is 11.3 Å². The van der Waals surface area contributed by atoms with Crippen LogP contribution in [0.25, 0.3) is 5.76 Å². The van der Waals surface area contributed by atoms with Gasteiger partial charge in [-0.25, -0.2) is 0 Å². The molecular formula is C31H31NO7. The largest absolute Gasteiger partial charge is 0.508 e. The molecule has 3 aromatic carbocycles. The minimum Gasteiger partial charge on any atom is -0.508 e. The van der Waals surface area contributed by atoms with E-state index in [1.54, 1.807) is 67.6 Å². The zero-order valence-corrected chi connectivity index (χ0v) is 22.1. The van der Waals surface area contributed by atoms with Gasteiger partial charge in [-0.3, -0.25) is 19.3 Å². The highest BCUT2D eigenvalue weighted by Gasteiger charge is 2.47. The van der Waals surface area contributed by atoms with E-state index in [0.717, 1.165) is 0 Å². The number of hydrogen-bond donors (Lipinski definition) is 2. The molecule has 1 aliphatic rings. The van der Waals surface area contributed by atoms with Crippen molar-refractivity contribution in [2.45, 2.75) is 33.2 Å². The number of phenolic OH excluding ortho intramolecular Hbond substituents is 1. The first-order valence-electron chi connectivity index (χ1n) is 12.8. The molecule has 0 spiro atoms. The lowest BCUT2D eigenvalue weighted by Crippen LogP contribution is -2.29. The van der Waals surface area contributed by atoms with Gasteiger partial charge >= 0.3 is 5.97 Å². The van der Waals surface area contributed by atoms with Gasteiger partial charge in [-0.05, 0) is 72.5 Å². The fourth-order valence-electron chi connectivity index (χ4n) is 4.35. The van der Waals surface area contributed by atoms with Crippen LogP contribution in [-0.2, 0) is 25.5 Å². The molecule has 1 atom stereocenters. The number of rotatable bonds is 9. The Morgan fingerprint density at radius 1 is 0.949 bits per heavy atom. The molecule has 1 saturated heterocycles. The predicted molar refractivity (Wildman–Crippen MR) is 146 cm³/mol. The molecule has 4 rings (SSSR count). The molecule has 1 heterocycles. The summed E-state index contributed by atoms with van der Waals surface area (Å²) >= 11 is 0. The number of ether oxygens (including phenoxy) is 2. The second-order valence-electron chi connectivity index (χ2n) is 9.64. The number of anilines is 1. The first-order valence-corrected chi connectivity index (χ1v) is 12.8. The van der Waals surface area contributed by atoms with E-state index in [1.807, 2.05) is 13.8 Å². The molecule has 0 bridgehead atoms. The Kier molecular flexibility index (Phi) is 8.34. The van der Waals surface area contributed by atoms with Gasteiger partial charge in [-0.1, -0.05) is 38.1 Å². The number of ketones is 1. The van der Waals surface area contributed by atoms with E-state index in [2.05, 4.69) is 0 Å². The monoisotopic (exact) mass is 529 g/mol. The number of phenols is 1. The Morgan fingerprint density at radius 3 is 2.18 bits per heavy atom. The molecule has 3 aromatic rings. The van der Waals surface area contributed by atoms with E-state index in [4.69, 9.17) is 9.47 Å². The summed E-state index contributed by atoms with van der Waals surface area (Å²) < 4.78 is 10.7. The molecule has 0 saturated carbocycles. The van der Waals surface area contributed by atoms with E-state index < -0.39 is 17.7 Å². The Hall–Kier alpha value is -4.59. The van der Waals surface area contributed by atoms with Gasteiger partial charge in [0.1, 0.15) is 17.3 Å². The maximum absolute atomic E-state index is 13.3. The summed E-state index contributed by atoms with van der Waals surface area (Å²) in [4.78, 5) is 39.9. The Bertz CT molecular complexity index is 1370. The fourth-order valence-corrected chi connectivity index (χ4v) is 4.35. The average molecular weight is 530 g/mol. The van der Waals surface area contributed by atoms with E-state index in [1.165, 1.54) is 17.0 Å². The van der Waals surface area contributed by atoms with Crippen molar-refractivity contribution < 1.29 is 34.1 Å². The number of esters is 1. The van der Waals surface area contributed by atoms with Crippen LogP contribution in [0.1, 0.15) is 43.5 Å². The molecule has 39 heavy (non-hydrogen) atoms. The first kappa shape index (κ1) is 27.4. The number of aromatic hydroxyl groups is 1. The number of carbonyl (C=O) groups excluding carboxylic acids is 3. The van der Waals surface area contributed by atoms with Gasteiger partial charge in [0.05, 0.1) is 31.2 Å². The number of nitrogens with zero attached hydrogens (tertiary/aromatic N) is 1. The number of hydrogen-bond acceptors (Lipinski definition) is 7. The predicted octanol–water partition coefficient (Wildman–Crippen LogP) is 5.16. The average Bonchev–Trinajstić information content (AvgIpc) is 3.18. The van der Waals surface area contributed by atoms with Crippen LogP contribution >= 0.6 is 0 Å². The Labute approximate surface area is 227 Å². The minimum absolute atomic E-state index is 0.0241. The van der Waals surface area contributed by atoms with Crippen LogP contribution in [0.3, 0.4) is 0 Å². The zero-order chi connectivity index (χ0) is 28.1. The molecule has 1 fully saturated rings. The molecule has 8 nitrogen and oxygen atoms in total. The molecule has 1 unspecified atom stereocenters. The van der Waals surface area contributed by atoms with Gasteiger partial charge in [0.15, 0.2) is 0 Å². The summed E-state index contributed by atoms with van der Waals surface area (Å²) in [5.41, 5.74) is 1.92. The number of aliphatic hydroxyl groups is 1. The molecule has 8 heteroatoms. The molecule has 0 radical (unpaired) electrons. The molecule has 0 aromatic heterocycles. The van der Waals surface area contributed by atoms with Crippen LogP contribution < -0.4 is 9.64 Å². The van der Waals surface area contributed by atoms with Gasteiger partial charge in [-0.15, -0.1) is 0 Å². The van der Waals surface area contributed by atoms with Gasteiger partial charge in [-0.2, -0.15) is 0 Å². The standard InChI is InChI=1S/C31H31NO7/c1-4-38-26(34)17-20-5-11-23(12-6-20)32-28(21-7-13-24(33)14-8-21)27(30(36)31(32)37)29(35)22-9-15-25(16-10-22)39-18-19(2)3/h5-16,19,28,33,35H,4,17-18H2,1-3H3/b29-27+. The third kappa shape index (κ3) is 6.12. The fraction of sp³-hybridized carbons (Fsp3) is 0.258. The third-order valence-corrected chi connectivity index (χ3v) is 6.23.